The number of amides is 1. The molecule has 8 nitrogen and oxygen atoms in total. The van der Waals surface area contributed by atoms with Crippen LogP contribution in [0.3, 0.4) is 0 Å². The molecule has 6 heterocycles. The van der Waals surface area contributed by atoms with Crippen LogP contribution in [-0.4, -0.2) is 66.5 Å². The zero-order valence-electron chi connectivity index (χ0n) is 17.0. The molecule has 4 aromatic rings. The molecule has 6 rings (SSSR count). The van der Waals surface area contributed by atoms with Crippen molar-refractivity contribution in [2.45, 2.75) is 24.4 Å². The lowest BCUT2D eigenvalue weighted by atomic mass is 10.2. The predicted octanol–water partition coefficient (Wildman–Crippen LogP) is 2.96. The van der Waals surface area contributed by atoms with Gasteiger partial charge in [0.15, 0.2) is 11.5 Å². The van der Waals surface area contributed by atoms with Gasteiger partial charge in [0.2, 0.25) is 0 Å². The molecule has 0 radical (unpaired) electrons. The van der Waals surface area contributed by atoms with E-state index in [0.29, 0.717) is 41.5 Å². The summed E-state index contributed by atoms with van der Waals surface area (Å²) in [4.78, 5) is 23.5. The summed E-state index contributed by atoms with van der Waals surface area (Å²) in [5, 5.41) is 5.35. The quantitative estimate of drug-likeness (QED) is 0.470. The number of pyridine rings is 2. The van der Waals surface area contributed by atoms with Crippen LogP contribution < -0.4 is 0 Å². The molecule has 0 aromatic carbocycles. The summed E-state index contributed by atoms with van der Waals surface area (Å²) in [5.74, 6) is -1.05. The van der Waals surface area contributed by atoms with Crippen LogP contribution in [-0.2, 0) is 10.6 Å². The van der Waals surface area contributed by atoms with E-state index in [0.717, 1.165) is 18.0 Å². The number of ether oxygens (including phenoxy) is 1. The van der Waals surface area contributed by atoms with Crippen molar-refractivity contribution in [1.82, 2.24) is 29.0 Å². The predicted molar refractivity (Wildman–Crippen MR) is 114 cm³/mol. The molecule has 0 spiro atoms. The van der Waals surface area contributed by atoms with Crippen molar-refractivity contribution in [2.24, 2.45) is 0 Å². The Morgan fingerprint density at radius 3 is 2.91 bits per heavy atom. The topological polar surface area (TPSA) is 77.6 Å². The van der Waals surface area contributed by atoms with E-state index in [2.05, 4.69) is 15.1 Å². The second-order valence-electron chi connectivity index (χ2n) is 8.00. The summed E-state index contributed by atoms with van der Waals surface area (Å²) in [6.07, 6.45) is 7.16. The van der Waals surface area contributed by atoms with Crippen molar-refractivity contribution in [3.63, 3.8) is 0 Å². The molecule has 32 heavy (non-hydrogen) atoms. The van der Waals surface area contributed by atoms with Gasteiger partial charge in [0.1, 0.15) is 17.2 Å². The third-order valence-corrected chi connectivity index (χ3v) is 6.54. The van der Waals surface area contributed by atoms with E-state index in [-0.39, 0.29) is 23.7 Å². The fraction of sp³-hybridized carbons (Fsp3) is 0.333. The van der Waals surface area contributed by atoms with Crippen molar-refractivity contribution in [3.05, 3.63) is 48.1 Å². The van der Waals surface area contributed by atoms with Gasteiger partial charge in [-0.2, -0.15) is 5.10 Å². The first kappa shape index (κ1) is 19.6. The minimum Gasteiger partial charge on any atom is -0.374 e. The van der Waals surface area contributed by atoms with Gasteiger partial charge in [0.25, 0.3) is 5.91 Å². The van der Waals surface area contributed by atoms with Crippen LogP contribution in [0.25, 0.3) is 27.9 Å². The van der Waals surface area contributed by atoms with Gasteiger partial charge in [0.05, 0.1) is 42.0 Å². The van der Waals surface area contributed by atoms with E-state index in [4.69, 9.17) is 4.74 Å². The van der Waals surface area contributed by atoms with Crippen molar-refractivity contribution in [1.29, 1.82) is 0 Å². The summed E-state index contributed by atoms with van der Waals surface area (Å²) >= 11 is 1.56. The van der Waals surface area contributed by atoms with Crippen molar-refractivity contribution in [2.75, 3.05) is 19.4 Å². The van der Waals surface area contributed by atoms with E-state index in [1.807, 2.05) is 11.2 Å². The lowest BCUT2D eigenvalue weighted by molar-refractivity contribution is 0.0256. The zero-order chi connectivity index (χ0) is 22.0. The Bertz CT molecular complexity index is 1390. The van der Waals surface area contributed by atoms with E-state index < -0.39 is 11.6 Å². The van der Waals surface area contributed by atoms with Crippen LogP contribution in [0, 0.1) is 11.6 Å². The number of carbonyl (C=O) groups excluding carboxylic acids is 1. The molecule has 2 bridgehead atoms. The highest BCUT2D eigenvalue weighted by Gasteiger charge is 2.42. The van der Waals surface area contributed by atoms with Crippen molar-refractivity contribution in [3.8, 4) is 11.4 Å². The molecular formula is C21H18F2N6O2S. The van der Waals surface area contributed by atoms with Crippen LogP contribution in [0.15, 0.2) is 30.7 Å². The third-order valence-electron chi connectivity index (χ3n) is 6.04. The maximum absolute atomic E-state index is 14.2. The maximum atomic E-state index is 14.2. The number of carbonyl (C=O) groups is 1. The third kappa shape index (κ3) is 2.91. The minimum absolute atomic E-state index is 0.0139. The van der Waals surface area contributed by atoms with E-state index in [9.17, 15) is 13.6 Å². The number of morpholine rings is 1. The number of halogens is 2. The number of hydrogen-bond donors (Lipinski definition) is 0. The molecule has 164 valence electrons. The molecule has 2 aliphatic heterocycles. The molecule has 2 unspecified atom stereocenters. The number of aromatic nitrogens is 5. The van der Waals surface area contributed by atoms with E-state index in [1.165, 1.54) is 16.8 Å². The Hall–Kier alpha value is -3.05. The number of thioether (sulfide) groups is 1. The molecule has 2 aliphatic rings. The Morgan fingerprint density at radius 1 is 1.28 bits per heavy atom. The van der Waals surface area contributed by atoms with Crippen LogP contribution in [0.2, 0.25) is 0 Å². The number of likely N-dealkylation sites (tertiary alicyclic amines) is 1. The van der Waals surface area contributed by atoms with Crippen LogP contribution in [0.4, 0.5) is 8.78 Å². The molecule has 0 aliphatic carbocycles. The van der Waals surface area contributed by atoms with E-state index in [1.54, 1.807) is 28.7 Å². The van der Waals surface area contributed by atoms with Gasteiger partial charge in [0, 0.05) is 30.4 Å². The fourth-order valence-corrected chi connectivity index (χ4v) is 5.02. The Labute approximate surface area is 185 Å². The molecule has 0 N–H and O–H groups in total. The average Bonchev–Trinajstić information content (AvgIpc) is 3.56. The smallest absolute Gasteiger partial charge is 0.272 e. The van der Waals surface area contributed by atoms with Gasteiger partial charge in [-0.25, -0.2) is 13.8 Å². The lowest BCUT2D eigenvalue weighted by Gasteiger charge is -2.26. The highest BCUT2D eigenvalue weighted by molar-refractivity contribution is 7.97. The van der Waals surface area contributed by atoms with Gasteiger partial charge in [-0.05, 0) is 18.7 Å². The molecule has 2 fully saturated rings. The Balaban J connectivity index is 1.47. The Kier molecular flexibility index (Phi) is 4.44. The first-order valence-corrected chi connectivity index (χ1v) is 11.5. The molecule has 2 saturated heterocycles. The second kappa shape index (κ2) is 7.24. The molecule has 4 aromatic heterocycles. The summed E-state index contributed by atoms with van der Waals surface area (Å²) < 4.78 is 36.7. The number of nitrogens with zero attached hydrogens (tertiary/aromatic N) is 6. The second-order valence-corrected chi connectivity index (χ2v) is 8.83. The van der Waals surface area contributed by atoms with Gasteiger partial charge in [-0.3, -0.25) is 18.9 Å². The molecule has 2 atom stereocenters. The number of fused-ring (bicyclic) bond motifs is 4. The van der Waals surface area contributed by atoms with Gasteiger partial charge in [-0.1, -0.05) is 0 Å². The normalized spacial score (nSPS) is 20.2. The monoisotopic (exact) mass is 456 g/mol. The number of rotatable bonds is 4. The number of imidazole rings is 1. The van der Waals surface area contributed by atoms with Crippen LogP contribution in [0.5, 0.6) is 0 Å². The lowest BCUT2D eigenvalue weighted by Crippen LogP contribution is -2.41. The standard InChI is InChI=1S/C21H18F2N6O2S/c1-32-10-29-17-4-16(21(30)27-8-13-3-12(27)9-31-13)24-5-14(17)19(26-29)18-6-25-20-15(23)2-11(22)7-28(18)20/h2,4-7,12-13H,3,8-10H2,1H3. The van der Waals surface area contributed by atoms with E-state index >= 15 is 0 Å². The Morgan fingerprint density at radius 2 is 2.16 bits per heavy atom. The summed E-state index contributed by atoms with van der Waals surface area (Å²) in [6.45, 7) is 1.14. The summed E-state index contributed by atoms with van der Waals surface area (Å²) in [7, 11) is 0. The highest BCUT2D eigenvalue weighted by Crippen LogP contribution is 2.32. The molecule has 11 heteroatoms. The van der Waals surface area contributed by atoms with Gasteiger partial charge < -0.3 is 9.64 Å². The average molecular weight is 456 g/mol. The first-order valence-electron chi connectivity index (χ1n) is 10.1. The minimum atomic E-state index is -0.751. The largest absolute Gasteiger partial charge is 0.374 e. The van der Waals surface area contributed by atoms with Crippen LogP contribution >= 0.6 is 11.8 Å². The molecule has 0 saturated carbocycles. The summed E-state index contributed by atoms with van der Waals surface area (Å²) in [6, 6.07) is 2.63. The maximum Gasteiger partial charge on any atom is 0.272 e. The van der Waals surface area contributed by atoms with Gasteiger partial charge in [-0.15, -0.1) is 11.8 Å². The first-order chi connectivity index (χ1) is 15.5. The van der Waals surface area contributed by atoms with Crippen LogP contribution in [0.1, 0.15) is 16.9 Å². The van der Waals surface area contributed by atoms with Crippen molar-refractivity contribution >= 4 is 34.2 Å². The number of hydrogen-bond acceptors (Lipinski definition) is 6. The summed E-state index contributed by atoms with van der Waals surface area (Å²) in [5.41, 5.74) is 2.01. The zero-order valence-corrected chi connectivity index (χ0v) is 17.9. The SMILES string of the molecule is CSCn1nc(-c2cnc3c(F)cc(F)cn23)c2cnc(C(=O)N3CC4CC3CO4)cc21. The van der Waals surface area contributed by atoms with Crippen molar-refractivity contribution < 1.29 is 18.3 Å². The molecule has 1 amide bonds. The highest BCUT2D eigenvalue weighted by atomic mass is 32.2. The molecular weight excluding hydrogens is 438 g/mol. The fourth-order valence-electron chi connectivity index (χ4n) is 4.58. The van der Waals surface area contributed by atoms with Gasteiger partial charge >= 0.3 is 0 Å².